The van der Waals surface area contributed by atoms with Crippen LogP contribution in [0.3, 0.4) is 0 Å². The van der Waals surface area contributed by atoms with Gasteiger partial charge in [-0.2, -0.15) is 0 Å². The van der Waals surface area contributed by atoms with E-state index in [9.17, 15) is 4.79 Å². The molecule has 3 rings (SSSR count). The SMILES string of the molecule is O=C(NCc1cc(Cc2ccccc2)no1)NC1CCCC1. The van der Waals surface area contributed by atoms with Gasteiger partial charge in [0.25, 0.3) is 0 Å². The molecule has 2 amide bonds. The number of amides is 2. The molecule has 1 aliphatic rings. The van der Waals surface area contributed by atoms with Crippen molar-refractivity contribution in [1.82, 2.24) is 15.8 Å². The van der Waals surface area contributed by atoms with Gasteiger partial charge in [-0.3, -0.25) is 0 Å². The van der Waals surface area contributed by atoms with Crippen LogP contribution >= 0.6 is 0 Å². The Labute approximate surface area is 130 Å². The second-order valence-electron chi connectivity index (χ2n) is 5.76. The summed E-state index contributed by atoms with van der Waals surface area (Å²) in [5, 5.41) is 9.85. The fourth-order valence-electron chi connectivity index (χ4n) is 2.80. The van der Waals surface area contributed by atoms with Crippen LogP contribution in [0.2, 0.25) is 0 Å². The van der Waals surface area contributed by atoms with Gasteiger partial charge in [-0.1, -0.05) is 48.3 Å². The topological polar surface area (TPSA) is 67.2 Å². The zero-order valence-corrected chi connectivity index (χ0v) is 12.5. The average molecular weight is 299 g/mol. The lowest BCUT2D eigenvalue weighted by molar-refractivity contribution is 0.235. The Hall–Kier alpha value is -2.30. The van der Waals surface area contributed by atoms with E-state index < -0.39 is 0 Å². The summed E-state index contributed by atoms with van der Waals surface area (Å²) in [4.78, 5) is 11.8. The smallest absolute Gasteiger partial charge is 0.315 e. The molecule has 1 aromatic carbocycles. The first-order chi connectivity index (χ1) is 10.8. The van der Waals surface area contributed by atoms with Crippen LogP contribution in [-0.4, -0.2) is 17.2 Å². The number of carbonyl (C=O) groups excluding carboxylic acids is 1. The number of hydrogen-bond donors (Lipinski definition) is 2. The highest BCUT2D eigenvalue weighted by molar-refractivity contribution is 5.74. The minimum absolute atomic E-state index is 0.132. The summed E-state index contributed by atoms with van der Waals surface area (Å²) in [6, 6.07) is 12.2. The van der Waals surface area contributed by atoms with Gasteiger partial charge in [0.2, 0.25) is 0 Å². The molecule has 1 heterocycles. The van der Waals surface area contributed by atoms with Crippen molar-refractivity contribution >= 4 is 6.03 Å². The predicted molar refractivity (Wildman–Crippen MR) is 83.4 cm³/mol. The van der Waals surface area contributed by atoms with E-state index >= 15 is 0 Å². The maximum Gasteiger partial charge on any atom is 0.315 e. The summed E-state index contributed by atoms with van der Waals surface area (Å²) < 4.78 is 5.26. The summed E-state index contributed by atoms with van der Waals surface area (Å²) in [6.07, 6.45) is 5.30. The molecule has 116 valence electrons. The first-order valence-corrected chi connectivity index (χ1v) is 7.82. The van der Waals surface area contributed by atoms with Gasteiger partial charge in [-0.15, -0.1) is 0 Å². The van der Waals surface area contributed by atoms with Crippen molar-refractivity contribution < 1.29 is 9.32 Å². The Morgan fingerprint density at radius 3 is 2.77 bits per heavy atom. The van der Waals surface area contributed by atoms with Gasteiger partial charge in [0.05, 0.1) is 12.2 Å². The van der Waals surface area contributed by atoms with E-state index in [1.807, 2.05) is 24.3 Å². The highest BCUT2D eigenvalue weighted by Gasteiger charge is 2.17. The summed E-state index contributed by atoms with van der Waals surface area (Å²) in [6.45, 7) is 0.361. The van der Waals surface area contributed by atoms with Gasteiger partial charge in [0.15, 0.2) is 5.76 Å². The highest BCUT2D eigenvalue weighted by atomic mass is 16.5. The molecule has 0 unspecified atom stereocenters. The van der Waals surface area contributed by atoms with Crippen LogP contribution in [0.25, 0.3) is 0 Å². The first-order valence-electron chi connectivity index (χ1n) is 7.82. The predicted octanol–water partition coefficient (Wildman–Crippen LogP) is 3.01. The zero-order chi connectivity index (χ0) is 15.2. The quantitative estimate of drug-likeness (QED) is 0.892. The molecule has 1 aliphatic carbocycles. The van der Waals surface area contributed by atoms with E-state index in [4.69, 9.17) is 4.52 Å². The molecule has 2 aromatic rings. The summed E-state index contributed by atoms with van der Waals surface area (Å²) >= 11 is 0. The molecule has 0 bridgehead atoms. The van der Waals surface area contributed by atoms with E-state index in [0.29, 0.717) is 18.3 Å². The van der Waals surface area contributed by atoms with E-state index in [1.165, 1.54) is 18.4 Å². The average Bonchev–Trinajstić information content (AvgIpc) is 3.18. The first kappa shape index (κ1) is 14.6. The van der Waals surface area contributed by atoms with Gasteiger partial charge in [-0.05, 0) is 18.4 Å². The van der Waals surface area contributed by atoms with Crippen LogP contribution in [-0.2, 0) is 13.0 Å². The zero-order valence-electron chi connectivity index (χ0n) is 12.5. The normalized spacial score (nSPS) is 14.9. The molecule has 0 spiro atoms. The lowest BCUT2D eigenvalue weighted by atomic mass is 10.1. The van der Waals surface area contributed by atoms with Gasteiger partial charge in [0.1, 0.15) is 0 Å². The third-order valence-corrected chi connectivity index (χ3v) is 3.95. The molecule has 1 saturated carbocycles. The van der Waals surface area contributed by atoms with Crippen molar-refractivity contribution in [3.8, 4) is 0 Å². The molecule has 1 aromatic heterocycles. The van der Waals surface area contributed by atoms with E-state index in [-0.39, 0.29) is 6.03 Å². The molecule has 0 saturated heterocycles. The van der Waals surface area contributed by atoms with Crippen molar-refractivity contribution in [3.05, 3.63) is 53.4 Å². The number of urea groups is 1. The Morgan fingerprint density at radius 2 is 2.00 bits per heavy atom. The Kier molecular flexibility index (Phi) is 4.73. The van der Waals surface area contributed by atoms with Gasteiger partial charge < -0.3 is 15.2 Å². The molecule has 2 N–H and O–H groups in total. The number of nitrogens with one attached hydrogen (secondary N) is 2. The molecule has 5 heteroatoms. The Bertz CT molecular complexity index is 603. The second-order valence-corrected chi connectivity index (χ2v) is 5.76. The standard InChI is InChI=1S/C17H21N3O2/c21-17(19-14-8-4-5-9-14)18-12-16-11-15(20-22-16)10-13-6-2-1-3-7-13/h1-3,6-7,11,14H,4-5,8-10,12H2,(H2,18,19,21). The Morgan fingerprint density at radius 1 is 1.23 bits per heavy atom. The minimum Gasteiger partial charge on any atom is -0.359 e. The van der Waals surface area contributed by atoms with E-state index in [0.717, 1.165) is 25.0 Å². The van der Waals surface area contributed by atoms with Crippen molar-refractivity contribution in [2.75, 3.05) is 0 Å². The fourth-order valence-corrected chi connectivity index (χ4v) is 2.80. The van der Waals surface area contributed by atoms with Crippen molar-refractivity contribution in [1.29, 1.82) is 0 Å². The monoisotopic (exact) mass is 299 g/mol. The molecule has 0 aliphatic heterocycles. The van der Waals surface area contributed by atoms with Gasteiger partial charge >= 0.3 is 6.03 Å². The molecule has 1 fully saturated rings. The lowest BCUT2D eigenvalue weighted by Crippen LogP contribution is -2.40. The van der Waals surface area contributed by atoms with Gasteiger partial charge in [-0.25, -0.2) is 4.79 Å². The van der Waals surface area contributed by atoms with Crippen LogP contribution in [0.15, 0.2) is 40.9 Å². The van der Waals surface area contributed by atoms with Crippen molar-refractivity contribution in [2.24, 2.45) is 0 Å². The third-order valence-electron chi connectivity index (χ3n) is 3.95. The summed E-state index contributed by atoms with van der Waals surface area (Å²) in [7, 11) is 0. The largest absolute Gasteiger partial charge is 0.359 e. The lowest BCUT2D eigenvalue weighted by Gasteiger charge is -2.11. The van der Waals surface area contributed by atoms with Crippen LogP contribution in [0, 0.1) is 0 Å². The van der Waals surface area contributed by atoms with Crippen molar-refractivity contribution in [2.45, 2.75) is 44.7 Å². The number of rotatable bonds is 5. The highest BCUT2D eigenvalue weighted by Crippen LogP contribution is 2.17. The van der Waals surface area contributed by atoms with E-state index in [1.54, 1.807) is 0 Å². The number of benzene rings is 1. The Balaban J connectivity index is 1.46. The minimum atomic E-state index is -0.132. The van der Waals surface area contributed by atoms with Crippen LogP contribution in [0.5, 0.6) is 0 Å². The molecule has 22 heavy (non-hydrogen) atoms. The number of aromatic nitrogens is 1. The molecule has 0 radical (unpaired) electrons. The number of hydrogen-bond acceptors (Lipinski definition) is 3. The maximum atomic E-state index is 11.8. The maximum absolute atomic E-state index is 11.8. The molecular weight excluding hydrogens is 278 g/mol. The van der Waals surface area contributed by atoms with Crippen LogP contribution < -0.4 is 10.6 Å². The third kappa shape index (κ3) is 4.10. The van der Waals surface area contributed by atoms with E-state index in [2.05, 4.69) is 27.9 Å². The summed E-state index contributed by atoms with van der Waals surface area (Å²) in [5.74, 6) is 0.674. The number of nitrogens with zero attached hydrogens (tertiary/aromatic N) is 1. The molecule has 5 nitrogen and oxygen atoms in total. The summed E-state index contributed by atoms with van der Waals surface area (Å²) in [5.41, 5.74) is 2.06. The van der Waals surface area contributed by atoms with Crippen LogP contribution in [0.4, 0.5) is 4.79 Å². The number of carbonyl (C=O) groups is 1. The van der Waals surface area contributed by atoms with Crippen LogP contribution in [0.1, 0.15) is 42.7 Å². The second kappa shape index (κ2) is 7.11. The molecular formula is C17H21N3O2. The van der Waals surface area contributed by atoms with Crippen molar-refractivity contribution in [3.63, 3.8) is 0 Å². The molecule has 0 atom stereocenters. The van der Waals surface area contributed by atoms with Gasteiger partial charge in [0, 0.05) is 18.5 Å². The fraction of sp³-hybridized carbons (Fsp3) is 0.412.